The van der Waals surface area contributed by atoms with Crippen molar-refractivity contribution in [2.45, 2.75) is 231 Å². The fourth-order valence-electron chi connectivity index (χ4n) is 17.0. The van der Waals surface area contributed by atoms with E-state index in [0.29, 0.717) is 72.5 Å². The third-order valence-corrected chi connectivity index (χ3v) is 27.0. The van der Waals surface area contributed by atoms with Crippen LogP contribution in [0.5, 0.6) is 0 Å². The Balaban J connectivity index is 0.000000200. The summed E-state index contributed by atoms with van der Waals surface area (Å²) in [5, 5.41) is 12.1. The van der Waals surface area contributed by atoms with E-state index in [1.54, 1.807) is 39.0 Å². The van der Waals surface area contributed by atoms with Gasteiger partial charge in [0.25, 0.3) is 10.0 Å². The molecule has 0 saturated carbocycles. The van der Waals surface area contributed by atoms with Gasteiger partial charge in [0.15, 0.2) is 0 Å². The van der Waals surface area contributed by atoms with E-state index in [0.717, 1.165) is 206 Å². The van der Waals surface area contributed by atoms with Gasteiger partial charge in [-0.2, -0.15) is 26.3 Å². The molecular formula is C99H128ClF12N13O6S2. The van der Waals surface area contributed by atoms with Crippen LogP contribution in [0, 0.1) is 12.7 Å². The fraction of sp³-hybridized carbons (Fsp3) is 0.455. The third-order valence-electron chi connectivity index (χ3n) is 24.5. The van der Waals surface area contributed by atoms with E-state index < -0.39 is 72.5 Å². The van der Waals surface area contributed by atoms with Crippen LogP contribution in [0.3, 0.4) is 0 Å². The zero-order chi connectivity index (χ0) is 96.8. The number of aryl methyl sites for hydroxylation is 1. The minimum absolute atomic E-state index is 0.0318. The Bertz CT molecular complexity index is 5130. The van der Waals surface area contributed by atoms with Crippen LogP contribution in [0.1, 0.15) is 183 Å². The number of carbonyl (C=O) groups excluding carboxylic acids is 4. The number of nitrogens with zero attached hydrogens (tertiary/aromatic N) is 8. The lowest BCUT2D eigenvalue weighted by Crippen LogP contribution is -2.50. The number of unbranched alkanes of at least 4 members (excludes halogenated alkanes) is 2. The Morgan fingerprint density at radius 2 is 0.797 bits per heavy atom. The number of urea groups is 4. The maximum atomic E-state index is 13.6. The monoisotopic (exact) mass is 1920 g/mol. The van der Waals surface area contributed by atoms with Crippen molar-refractivity contribution in [1.29, 1.82) is 0 Å². The van der Waals surface area contributed by atoms with Gasteiger partial charge in [-0.1, -0.05) is 212 Å². The summed E-state index contributed by atoms with van der Waals surface area (Å²) in [4.78, 5) is 67.6. The van der Waals surface area contributed by atoms with Crippen molar-refractivity contribution in [2.24, 2.45) is 0 Å². The SMILES string of the molecule is C=CS(=O)(=O)Nc1cccc(CN(C(=O)Nc2cccc(C(F)(F)F)c2)C2CCN(C(C)CCC)CC2)c1.CCCC(C)N1CCC(N(Cc2ccccc2)C(=O)Nc2cccc(S(F)(F)(F)(F)F)c2)CC1.CCCCN1CCC(N(Cc2ccccc2)C(=O)Nc2ccc(C)c(Cl)c2)CC1.CCCCN1CCC(N(Cc2ccccc2)C(=O)Nc2ccc(F)c(C(F)(F)F)c2)CC1. The number of likely N-dealkylation sites (tertiary alicyclic amines) is 4. The maximum absolute atomic E-state index is 13.6. The highest BCUT2D eigenvalue weighted by Gasteiger charge is 2.65. The van der Waals surface area contributed by atoms with Crippen LogP contribution in [-0.2, 0) is 48.6 Å². The van der Waals surface area contributed by atoms with Gasteiger partial charge >= 0.3 is 46.7 Å². The number of rotatable bonds is 32. The highest BCUT2D eigenvalue weighted by Crippen LogP contribution is 3.02. The first-order valence-electron chi connectivity index (χ1n) is 45.8. The topological polar surface area (TPSA) is 188 Å². The molecular weight excluding hydrogens is 1790 g/mol. The zero-order valence-electron chi connectivity index (χ0n) is 76.8. The van der Waals surface area contributed by atoms with E-state index in [9.17, 15) is 77.8 Å². The number of halogens is 13. The third kappa shape index (κ3) is 34.4. The maximum Gasteiger partial charge on any atom is 0.419 e. The van der Waals surface area contributed by atoms with Crippen molar-refractivity contribution < 1.29 is 77.8 Å². The summed E-state index contributed by atoms with van der Waals surface area (Å²) in [7, 11) is -13.6. The molecule has 8 aromatic rings. The second-order valence-electron chi connectivity index (χ2n) is 34.6. The largest absolute Gasteiger partial charge is 0.419 e. The summed E-state index contributed by atoms with van der Waals surface area (Å²) in [6, 6.07) is 50.2. The van der Waals surface area contributed by atoms with Gasteiger partial charge in [-0.05, 0) is 218 Å². The lowest BCUT2D eigenvalue weighted by Gasteiger charge is -2.41. The summed E-state index contributed by atoms with van der Waals surface area (Å²) >= 11 is 6.24. The van der Waals surface area contributed by atoms with Gasteiger partial charge in [-0.15, -0.1) is 0 Å². The molecule has 8 aromatic carbocycles. The van der Waals surface area contributed by atoms with Crippen molar-refractivity contribution in [3.05, 3.63) is 262 Å². The smallest absolute Gasteiger partial charge is 0.317 e. The number of anilines is 5. The molecule has 2 unspecified atom stereocenters. The minimum Gasteiger partial charge on any atom is -0.317 e. The Labute approximate surface area is 781 Å². The predicted octanol–water partition coefficient (Wildman–Crippen LogP) is 26.4. The van der Waals surface area contributed by atoms with Crippen molar-refractivity contribution >= 4 is 84.4 Å². The molecule has 0 bridgehead atoms. The fourth-order valence-corrected chi connectivity index (χ4v) is 18.4. The molecule has 4 aliphatic heterocycles. The van der Waals surface area contributed by atoms with Crippen LogP contribution in [-0.4, -0.2) is 173 Å². The number of carbonyl (C=O) groups is 4. The Morgan fingerprint density at radius 1 is 0.444 bits per heavy atom. The molecule has 2 atom stereocenters. The first-order valence-corrected chi connectivity index (χ1v) is 49.6. The first-order chi connectivity index (χ1) is 63.0. The van der Waals surface area contributed by atoms with Crippen LogP contribution >= 0.6 is 21.8 Å². The second-order valence-corrected chi connectivity index (χ2v) is 39.0. The highest BCUT2D eigenvalue weighted by atomic mass is 35.5. The van der Waals surface area contributed by atoms with E-state index in [2.05, 4.69) is 106 Å². The molecule has 4 fully saturated rings. The van der Waals surface area contributed by atoms with Crippen LogP contribution < -0.4 is 26.0 Å². The van der Waals surface area contributed by atoms with Gasteiger partial charge in [0.2, 0.25) is 0 Å². The first kappa shape index (κ1) is 107. The molecule has 4 heterocycles. The summed E-state index contributed by atoms with van der Waals surface area (Å²) in [5.74, 6) is -1.36. The number of hydrogen-bond acceptors (Lipinski definition) is 10. The summed E-state index contributed by atoms with van der Waals surface area (Å²) in [6.45, 7) is 29.0. The second kappa shape index (κ2) is 48.9. The van der Waals surface area contributed by atoms with Crippen LogP contribution in [0.4, 0.5) is 97.8 Å². The van der Waals surface area contributed by atoms with Gasteiger partial charge in [0, 0.05) is 154 Å². The molecule has 133 heavy (non-hydrogen) atoms. The van der Waals surface area contributed by atoms with Gasteiger partial charge in [-0.3, -0.25) is 4.72 Å². The Hall–Kier alpha value is -10.0. The Kier molecular flexibility index (Phi) is 39.2. The van der Waals surface area contributed by atoms with Crippen molar-refractivity contribution in [3.63, 3.8) is 0 Å². The van der Waals surface area contributed by atoms with E-state index in [-0.39, 0.29) is 60.4 Å². The van der Waals surface area contributed by atoms with Gasteiger partial charge in [0.1, 0.15) is 10.7 Å². The predicted molar refractivity (Wildman–Crippen MR) is 510 cm³/mol. The molecule has 0 spiro atoms. The van der Waals surface area contributed by atoms with Crippen molar-refractivity contribution in [3.8, 4) is 0 Å². The van der Waals surface area contributed by atoms with E-state index in [1.165, 1.54) is 31.0 Å². The van der Waals surface area contributed by atoms with E-state index >= 15 is 0 Å². The van der Waals surface area contributed by atoms with Gasteiger partial charge < -0.3 is 60.5 Å². The highest BCUT2D eigenvalue weighted by molar-refractivity contribution is 8.45. The molecule has 728 valence electrons. The molecule has 12 rings (SSSR count). The van der Waals surface area contributed by atoms with Gasteiger partial charge in [-0.25, -0.2) is 32.0 Å². The number of nitrogens with one attached hydrogen (secondary N) is 5. The molecule has 4 aliphatic rings. The molecule has 8 amide bonds. The zero-order valence-corrected chi connectivity index (χ0v) is 79.2. The molecule has 4 saturated heterocycles. The normalized spacial score (nSPS) is 16.4. The number of alkyl halides is 6. The molecule has 5 N–H and O–H groups in total. The molecule has 0 aromatic heterocycles. The lowest BCUT2D eigenvalue weighted by molar-refractivity contribution is -0.140. The van der Waals surface area contributed by atoms with Crippen LogP contribution in [0.25, 0.3) is 0 Å². The molecule has 34 heteroatoms. The molecule has 19 nitrogen and oxygen atoms in total. The Morgan fingerprint density at radius 3 is 1.17 bits per heavy atom. The van der Waals surface area contributed by atoms with Crippen LogP contribution in [0.2, 0.25) is 5.02 Å². The molecule has 0 aliphatic carbocycles. The quantitative estimate of drug-likeness (QED) is 0.0254. The summed E-state index contributed by atoms with van der Waals surface area (Å²) < 4.78 is 185. The van der Waals surface area contributed by atoms with E-state index in [4.69, 9.17) is 11.6 Å². The number of sulfonamides is 1. The number of amides is 8. The number of benzene rings is 8. The lowest BCUT2D eigenvalue weighted by atomic mass is 10.00. The number of hydrogen-bond donors (Lipinski definition) is 5. The number of piperidine rings is 4. The standard InChI is InChI=1S/C27H35F3N4O3S.C24H32ClN3O.C24H32F5N3OS.C24H29F4N3O/c1-4-8-20(3)33-15-13-25(14-16-33)34(19-21-9-6-12-24(17-21)32-38(36,37)5-2)26(35)31-23-11-7-10-22(18-23)27(28,29)30;1-3-4-14-27-15-12-22(13-16-27)28(18-20-8-6-5-7-9-20)24(29)26-21-11-10-19(2)23(25)17-21;1-3-8-19(2)31-15-13-22(14-16-31)32(18-20-9-5-4-6-10-20)24(33)30-21-11-7-12-23(17-21)34(25,26,27,28)29;1-2-3-13-30-14-11-20(12-15-30)31(17-18-7-5-4-6-8-18)23(32)29-19-9-10-22(25)21(16-19)24(26,27)28/h5-7,9-12,17-18,20,25,32H,2,4,8,13-16,19H2,1,3H3,(H,31,35);5-11,17,22H,3-4,12-16,18H2,1-2H3,(H,26,29);4-7,9-12,17,19,22H,3,8,13-16,18H2,1-2H3,(H,30,33);4-10,16,20H,2-3,11-15,17H2,1H3,(H,29,32). The summed E-state index contributed by atoms with van der Waals surface area (Å²) in [6.07, 6.45) is 6.18. The average Bonchev–Trinajstić information content (AvgIpc) is 0.725. The minimum atomic E-state index is -9.85. The average molecular weight is 1920 g/mol. The summed E-state index contributed by atoms with van der Waals surface area (Å²) in [5.41, 5.74) is 3.12. The van der Waals surface area contributed by atoms with Crippen molar-refractivity contribution in [1.82, 2.24) is 39.2 Å². The molecule has 0 radical (unpaired) electrons. The van der Waals surface area contributed by atoms with Crippen molar-refractivity contribution in [2.75, 3.05) is 91.4 Å². The van der Waals surface area contributed by atoms with Gasteiger partial charge in [0.05, 0.1) is 11.1 Å². The van der Waals surface area contributed by atoms with Crippen LogP contribution in [0.15, 0.2) is 217 Å². The van der Waals surface area contributed by atoms with E-state index in [1.807, 2.05) is 109 Å².